The van der Waals surface area contributed by atoms with Gasteiger partial charge < -0.3 is 25.2 Å². The number of phenols is 1. The lowest BCUT2D eigenvalue weighted by Gasteiger charge is -2.28. The van der Waals surface area contributed by atoms with E-state index in [9.17, 15) is 14.7 Å². The number of hydrogen-bond donors (Lipinski definition) is 3. The van der Waals surface area contributed by atoms with E-state index >= 15 is 0 Å². The summed E-state index contributed by atoms with van der Waals surface area (Å²) in [6, 6.07) is 3.34. The highest BCUT2D eigenvalue weighted by Crippen LogP contribution is 2.34. The second-order valence-corrected chi connectivity index (χ2v) is 4.98. The molecule has 0 bridgehead atoms. The van der Waals surface area contributed by atoms with Crippen LogP contribution in [0.5, 0.6) is 11.5 Å². The summed E-state index contributed by atoms with van der Waals surface area (Å²) in [5, 5.41) is 14.9. The van der Waals surface area contributed by atoms with Crippen LogP contribution in [0.3, 0.4) is 0 Å². The van der Waals surface area contributed by atoms with E-state index in [1.54, 1.807) is 19.1 Å². The van der Waals surface area contributed by atoms with Crippen LogP contribution in [-0.2, 0) is 9.53 Å². The van der Waals surface area contributed by atoms with Gasteiger partial charge >= 0.3 is 12.0 Å². The van der Waals surface area contributed by atoms with Crippen molar-refractivity contribution in [3.63, 3.8) is 0 Å². The molecule has 23 heavy (non-hydrogen) atoms. The summed E-state index contributed by atoms with van der Waals surface area (Å²) in [7, 11) is 1.25. The van der Waals surface area contributed by atoms with Crippen molar-refractivity contribution in [1.29, 1.82) is 0 Å². The van der Waals surface area contributed by atoms with Gasteiger partial charge in [0, 0.05) is 5.70 Å². The number of carbonyl (C=O) groups is 2. The third kappa shape index (κ3) is 3.50. The molecular formula is C15H17ClN2O5. The quantitative estimate of drug-likeness (QED) is 0.561. The van der Waals surface area contributed by atoms with Gasteiger partial charge in [-0.25, -0.2) is 9.59 Å². The largest absolute Gasteiger partial charge is 0.504 e. The van der Waals surface area contributed by atoms with Crippen LogP contribution in [0.25, 0.3) is 0 Å². The fraction of sp³-hybridized carbons (Fsp3) is 0.333. The van der Waals surface area contributed by atoms with Gasteiger partial charge in [-0.15, -0.1) is 11.6 Å². The average Bonchev–Trinajstić information content (AvgIpc) is 2.55. The zero-order valence-corrected chi connectivity index (χ0v) is 13.4. The van der Waals surface area contributed by atoms with Crippen molar-refractivity contribution in [2.75, 3.05) is 19.6 Å². The number of esters is 1. The number of aromatic hydroxyl groups is 1. The molecule has 0 spiro atoms. The number of hydrogen-bond acceptors (Lipinski definition) is 5. The Morgan fingerprint density at radius 3 is 2.78 bits per heavy atom. The monoisotopic (exact) mass is 340 g/mol. The number of halogens is 1. The summed E-state index contributed by atoms with van der Waals surface area (Å²) in [6.45, 7) is 2.14. The van der Waals surface area contributed by atoms with Gasteiger partial charge in [0.05, 0.1) is 31.2 Å². The molecule has 1 heterocycles. The minimum absolute atomic E-state index is 0.0305. The van der Waals surface area contributed by atoms with Crippen molar-refractivity contribution in [2.45, 2.75) is 13.0 Å². The lowest BCUT2D eigenvalue weighted by Crippen LogP contribution is -2.46. The first-order valence-electron chi connectivity index (χ1n) is 6.92. The summed E-state index contributed by atoms with van der Waals surface area (Å²) in [5.41, 5.74) is 1.04. The molecule has 1 aliphatic heterocycles. The second kappa shape index (κ2) is 7.23. The molecule has 0 unspecified atom stereocenters. The number of rotatable bonds is 5. The van der Waals surface area contributed by atoms with Crippen molar-refractivity contribution < 1.29 is 24.2 Å². The van der Waals surface area contributed by atoms with Gasteiger partial charge in [0.25, 0.3) is 0 Å². The SMILES string of the molecule is CCOc1cc([C@H]2NC(=O)NC(CCl)=C2C(=O)OC)ccc1O. The topological polar surface area (TPSA) is 96.9 Å². The third-order valence-corrected chi connectivity index (χ3v) is 3.58. The zero-order valence-electron chi connectivity index (χ0n) is 12.7. The molecule has 1 aliphatic rings. The lowest BCUT2D eigenvalue weighted by molar-refractivity contribution is -0.136. The molecule has 8 heteroatoms. The first-order valence-corrected chi connectivity index (χ1v) is 7.45. The van der Waals surface area contributed by atoms with Gasteiger partial charge in [-0.2, -0.15) is 0 Å². The van der Waals surface area contributed by atoms with E-state index in [-0.39, 0.29) is 28.6 Å². The molecule has 1 aromatic rings. The zero-order chi connectivity index (χ0) is 17.0. The fourth-order valence-corrected chi connectivity index (χ4v) is 2.52. The van der Waals surface area contributed by atoms with Crippen molar-refractivity contribution in [1.82, 2.24) is 10.6 Å². The van der Waals surface area contributed by atoms with E-state index < -0.39 is 18.0 Å². The Morgan fingerprint density at radius 1 is 1.43 bits per heavy atom. The Bertz CT molecular complexity index is 659. The molecular weight excluding hydrogens is 324 g/mol. The summed E-state index contributed by atoms with van der Waals surface area (Å²) < 4.78 is 10.1. The third-order valence-electron chi connectivity index (χ3n) is 3.31. The summed E-state index contributed by atoms with van der Waals surface area (Å²) in [4.78, 5) is 23.9. The molecule has 0 radical (unpaired) electrons. The van der Waals surface area contributed by atoms with Gasteiger partial charge in [-0.05, 0) is 24.6 Å². The highest BCUT2D eigenvalue weighted by atomic mass is 35.5. The van der Waals surface area contributed by atoms with Gasteiger partial charge in [0.2, 0.25) is 0 Å². The maximum Gasteiger partial charge on any atom is 0.338 e. The highest BCUT2D eigenvalue weighted by Gasteiger charge is 2.33. The molecule has 0 saturated heterocycles. The minimum atomic E-state index is -0.759. The number of urea groups is 1. The molecule has 0 fully saturated rings. The minimum Gasteiger partial charge on any atom is -0.504 e. The Labute approximate surface area is 138 Å². The second-order valence-electron chi connectivity index (χ2n) is 4.71. The van der Waals surface area contributed by atoms with Crippen molar-refractivity contribution in [3.8, 4) is 11.5 Å². The summed E-state index contributed by atoms with van der Waals surface area (Å²) in [6.07, 6.45) is 0. The van der Waals surface area contributed by atoms with Crippen LogP contribution in [-0.4, -0.2) is 36.7 Å². The number of phenolic OH excluding ortho intramolecular Hbond substituents is 1. The molecule has 1 atom stereocenters. The van der Waals surface area contributed by atoms with Crippen LogP contribution in [0.4, 0.5) is 4.79 Å². The van der Waals surface area contributed by atoms with Gasteiger partial charge in [0.1, 0.15) is 0 Å². The number of benzene rings is 1. The number of methoxy groups -OCH3 is 1. The Balaban J connectivity index is 2.52. The van der Waals surface area contributed by atoms with Gasteiger partial charge in [0.15, 0.2) is 11.5 Å². The molecule has 3 N–H and O–H groups in total. The van der Waals surface area contributed by atoms with Crippen LogP contribution in [0, 0.1) is 0 Å². The number of amides is 2. The van der Waals surface area contributed by atoms with Crippen LogP contribution in [0.15, 0.2) is 29.5 Å². The maximum absolute atomic E-state index is 12.1. The fourth-order valence-electron chi connectivity index (χ4n) is 2.31. The van der Waals surface area contributed by atoms with Crippen molar-refractivity contribution in [3.05, 3.63) is 35.0 Å². The number of nitrogens with one attached hydrogen (secondary N) is 2. The van der Waals surface area contributed by atoms with Crippen LogP contribution in [0.1, 0.15) is 18.5 Å². The molecule has 7 nitrogen and oxygen atoms in total. The van der Waals surface area contributed by atoms with Crippen molar-refractivity contribution in [2.24, 2.45) is 0 Å². The first kappa shape index (κ1) is 17.0. The molecule has 0 aromatic heterocycles. The normalized spacial score (nSPS) is 17.3. The van der Waals surface area contributed by atoms with E-state index in [0.29, 0.717) is 12.2 Å². The average molecular weight is 341 g/mol. The molecule has 0 aliphatic carbocycles. The number of allylic oxidation sites excluding steroid dienone is 1. The smallest absolute Gasteiger partial charge is 0.338 e. The van der Waals surface area contributed by atoms with E-state index in [2.05, 4.69) is 10.6 Å². The van der Waals surface area contributed by atoms with E-state index in [0.717, 1.165) is 0 Å². The Hall–Kier alpha value is -2.41. The van der Waals surface area contributed by atoms with Crippen LogP contribution < -0.4 is 15.4 Å². The summed E-state index contributed by atoms with van der Waals surface area (Å²) >= 11 is 5.83. The molecule has 1 aromatic carbocycles. The first-order chi connectivity index (χ1) is 11.0. The predicted molar refractivity (Wildman–Crippen MR) is 83.4 cm³/mol. The summed E-state index contributed by atoms with van der Waals surface area (Å²) in [5.74, 6) is -0.430. The van der Waals surface area contributed by atoms with Crippen LogP contribution in [0.2, 0.25) is 0 Å². The lowest BCUT2D eigenvalue weighted by atomic mass is 9.95. The molecule has 2 amide bonds. The van der Waals surface area contributed by atoms with Crippen LogP contribution >= 0.6 is 11.6 Å². The molecule has 0 saturated carbocycles. The van der Waals surface area contributed by atoms with Gasteiger partial charge in [-0.3, -0.25) is 0 Å². The number of alkyl halides is 1. The highest BCUT2D eigenvalue weighted by molar-refractivity contribution is 6.20. The predicted octanol–water partition coefficient (Wildman–Crippen LogP) is 1.81. The number of carbonyl (C=O) groups excluding carboxylic acids is 2. The van der Waals surface area contributed by atoms with Crippen molar-refractivity contribution >= 4 is 23.6 Å². The Kier molecular flexibility index (Phi) is 5.33. The van der Waals surface area contributed by atoms with E-state index in [1.165, 1.54) is 13.2 Å². The van der Waals surface area contributed by atoms with Gasteiger partial charge in [-0.1, -0.05) is 6.07 Å². The molecule has 124 valence electrons. The maximum atomic E-state index is 12.1. The Morgan fingerprint density at radius 2 is 2.17 bits per heavy atom. The number of ether oxygens (including phenoxy) is 2. The van der Waals surface area contributed by atoms with E-state index in [4.69, 9.17) is 21.1 Å². The molecule has 2 rings (SSSR count). The van der Waals surface area contributed by atoms with E-state index in [1.807, 2.05) is 0 Å². The standard InChI is InChI=1S/C15H17ClN2O5/c1-3-23-11-6-8(4-5-10(11)19)13-12(14(20)22-2)9(7-16)17-15(21)18-13/h4-6,13,19H,3,7H2,1-2H3,(H2,17,18,21)/t13-/m1/s1.